The molecule has 5 nitrogen and oxygen atoms in total. The number of ether oxygens (including phenoxy) is 1. The van der Waals surface area contributed by atoms with Gasteiger partial charge >= 0.3 is 6.09 Å². The van der Waals surface area contributed by atoms with Crippen LogP contribution in [0.1, 0.15) is 39.2 Å². The Morgan fingerprint density at radius 3 is 2.68 bits per heavy atom. The van der Waals surface area contributed by atoms with Crippen LogP contribution >= 0.6 is 0 Å². The molecule has 1 aromatic heterocycles. The van der Waals surface area contributed by atoms with Crippen LogP contribution in [-0.2, 0) is 4.74 Å². The lowest BCUT2D eigenvalue weighted by molar-refractivity contribution is 0.0199. The van der Waals surface area contributed by atoms with Gasteiger partial charge in [-0.25, -0.2) is 9.78 Å². The van der Waals surface area contributed by atoms with Gasteiger partial charge in [-0.3, -0.25) is 0 Å². The summed E-state index contributed by atoms with van der Waals surface area (Å²) in [6.07, 6.45) is 3.12. The number of pyridine rings is 1. The Morgan fingerprint density at radius 1 is 1.41 bits per heavy atom. The lowest BCUT2D eigenvalue weighted by Gasteiger charge is -2.31. The first-order chi connectivity index (χ1) is 10.3. The Balaban J connectivity index is 1.88. The summed E-state index contributed by atoms with van der Waals surface area (Å²) in [5.41, 5.74) is 6.08. The van der Waals surface area contributed by atoms with Crippen molar-refractivity contribution < 1.29 is 9.53 Å². The third-order valence-corrected chi connectivity index (χ3v) is 3.40. The van der Waals surface area contributed by atoms with Crippen LogP contribution in [-0.4, -0.2) is 34.7 Å². The average molecular weight is 301 g/mol. The molecule has 0 aromatic carbocycles. The molecule has 118 valence electrons. The highest BCUT2D eigenvalue weighted by atomic mass is 16.6. The zero-order chi connectivity index (χ0) is 16.2. The molecule has 1 aliphatic heterocycles. The highest BCUT2D eigenvalue weighted by Gasteiger charge is 2.26. The minimum absolute atomic E-state index is 0.240. The molecule has 0 spiro atoms. The molecule has 5 heteroatoms. The topological polar surface area (TPSA) is 68.5 Å². The molecule has 1 aliphatic rings. The SMILES string of the molecule is CC(C)(C)OC(=O)N1CCC(C#Cc2cccnc2N)CC1. The van der Waals surface area contributed by atoms with Crippen molar-refractivity contribution in [2.75, 3.05) is 18.8 Å². The van der Waals surface area contributed by atoms with Crippen molar-refractivity contribution in [1.82, 2.24) is 9.88 Å². The van der Waals surface area contributed by atoms with Crippen LogP contribution in [0, 0.1) is 17.8 Å². The van der Waals surface area contributed by atoms with Gasteiger partial charge in [0.2, 0.25) is 0 Å². The average Bonchev–Trinajstić information content (AvgIpc) is 2.45. The van der Waals surface area contributed by atoms with E-state index in [1.165, 1.54) is 0 Å². The fraction of sp³-hybridized carbons (Fsp3) is 0.529. The molecule has 0 aliphatic carbocycles. The number of aromatic nitrogens is 1. The number of nitrogens with zero attached hydrogens (tertiary/aromatic N) is 2. The van der Waals surface area contributed by atoms with E-state index in [4.69, 9.17) is 10.5 Å². The van der Waals surface area contributed by atoms with Gasteiger partial charge in [-0.05, 0) is 45.7 Å². The van der Waals surface area contributed by atoms with E-state index in [9.17, 15) is 4.79 Å². The van der Waals surface area contributed by atoms with E-state index >= 15 is 0 Å². The minimum atomic E-state index is -0.453. The summed E-state index contributed by atoms with van der Waals surface area (Å²) in [6.45, 7) is 6.98. The first-order valence-electron chi connectivity index (χ1n) is 7.55. The van der Waals surface area contributed by atoms with Crippen LogP contribution in [0.3, 0.4) is 0 Å². The largest absolute Gasteiger partial charge is 0.444 e. The van der Waals surface area contributed by atoms with E-state index in [2.05, 4.69) is 16.8 Å². The van der Waals surface area contributed by atoms with Crippen LogP contribution in [0.25, 0.3) is 0 Å². The summed E-state index contributed by atoms with van der Waals surface area (Å²) < 4.78 is 5.38. The molecule has 1 amide bonds. The number of piperidine rings is 1. The Morgan fingerprint density at radius 2 is 2.09 bits per heavy atom. The van der Waals surface area contributed by atoms with Gasteiger partial charge in [0.1, 0.15) is 11.4 Å². The molecule has 2 rings (SSSR count). The second-order valence-corrected chi connectivity index (χ2v) is 6.45. The second-order valence-electron chi connectivity index (χ2n) is 6.45. The molecule has 0 radical (unpaired) electrons. The molecular formula is C17H23N3O2. The number of amides is 1. The van der Waals surface area contributed by atoms with Crippen molar-refractivity contribution >= 4 is 11.9 Å². The third kappa shape index (κ3) is 4.66. The first kappa shape index (κ1) is 16.2. The number of likely N-dealkylation sites (tertiary alicyclic amines) is 1. The van der Waals surface area contributed by atoms with Crippen molar-refractivity contribution in [1.29, 1.82) is 0 Å². The highest BCUT2D eigenvalue weighted by molar-refractivity contribution is 5.68. The molecular weight excluding hydrogens is 278 g/mol. The second kappa shape index (κ2) is 6.69. The molecule has 2 heterocycles. The van der Waals surface area contributed by atoms with Crippen molar-refractivity contribution in [3.8, 4) is 11.8 Å². The predicted molar refractivity (Wildman–Crippen MR) is 86.1 cm³/mol. The molecule has 22 heavy (non-hydrogen) atoms. The molecule has 0 atom stereocenters. The zero-order valence-corrected chi connectivity index (χ0v) is 13.4. The first-order valence-corrected chi connectivity index (χ1v) is 7.55. The number of carbonyl (C=O) groups is 1. The van der Waals surface area contributed by atoms with Crippen LogP contribution in [0.15, 0.2) is 18.3 Å². The summed E-state index contributed by atoms with van der Waals surface area (Å²) in [4.78, 5) is 17.8. The van der Waals surface area contributed by atoms with E-state index in [1.807, 2.05) is 32.9 Å². The summed E-state index contributed by atoms with van der Waals surface area (Å²) in [7, 11) is 0. The Labute approximate surface area is 131 Å². The molecule has 1 aromatic rings. The number of nitrogen functional groups attached to an aromatic ring is 1. The van der Waals surface area contributed by atoms with Crippen LogP contribution in [0.5, 0.6) is 0 Å². The molecule has 0 bridgehead atoms. The molecule has 0 unspecified atom stereocenters. The lowest BCUT2D eigenvalue weighted by Crippen LogP contribution is -2.41. The van der Waals surface area contributed by atoms with E-state index in [1.54, 1.807) is 11.1 Å². The molecule has 0 saturated carbocycles. The monoisotopic (exact) mass is 301 g/mol. The predicted octanol–water partition coefficient (Wildman–Crippen LogP) is 2.66. The van der Waals surface area contributed by atoms with E-state index in [0.29, 0.717) is 18.9 Å². The van der Waals surface area contributed by atoms with Crippen molar-refractivity contribution in [2.45, 2.75) is 39.2 Å². The van der Waals surface area contributed by atoms with Gasteiger partial charge in [0.25, 0.3) is 0 Å². The smallest absolute Gasteiger partial charge is 0.410 e. The lowest BCUT2D eigenvalue weighted by atomic mass is 9.97. The highest BCUT2D eigenvalue weighted by Crippen LogP contribution is 2.19. The standard InChI is InChI=1S/C17H23N3O2/c1-17(2,3)22-16(21)20-11-8-13(9-12-20)6-7-14-5-4-10-19-15(14)18/h4-5,10,13H,8-9,11-12H2,1-3H3,(H2,18,19). The van der Waals surface area contributed by atoms with Crippen molar-refractivity contribution in [3.63, 3.8) is 0 Å². The fourth-order valence-corrected chi connectivity index (χ4v) is 2.24. The van der Waals surface area contributed by atoms with E-state index < -0.39 is 5.60 Å². The number of anilines is 1. The maximum atomic E-state index is 12.0. The van der Waals surface area contributed by atoms with Crippen LogP contribution in [0.4, 0.5) is 10.6 Å². The molecule has 1 fully saturated rings. The maximum absolute atomic E-state index is 12.0. The van der Waals surface area contributed by atoms with Gasteiger partial charge in [0, 0.05) is 25.2 Å². The van der Waals surface area contributed by atoms with Crippen LogP contribution in [0.2, 0.25) is 0 Å². The van der Waals surface area contributed by atoms with Gasteiger partial charge in [-0.15, -0.1) is 0 Å². The molecule has 1 saturated heterocycles. The number of hydrogen-bond acceptors (Lipinski definition) is 4. The number of nitrogens with two attached hydrogens (primary N) is 1. The zero-order valence-electron chi connectivity index (χ0n) is 13.4. The fourth-order valence-electron chi connectivity index (χ4n) is 2.24. The number of carbonyl (C=O) groups excluding carboxylic acids is 1. The van der Waals surface area contributed by atoms with Crippen molar-refractivity contribution in [3.05, 3.63) is 23.9 Å². The Kier molecular flexibility index (Phi) is 4.92. The number of rotatable bonds is 0. The normalized spacial score (nSPS) is 15.9. The van der Waals surface area contributed by atoms with E-state index in [-0.39, 0.29) is 12.0 Å². The Bertz CT molecular complexity index is 588. The van der Waals surface area contributed by atoms with Gasteiger partial charge in [-0.2, -0.15) is 0 Å². The number of hydrogen-bond donors (Lipinski definition) is 1. The summed E-state index contributed by atoms with van der Waals surface area (Å²) in [6, 6.07) is 3.69. The maximum Gasteiger partial charge on any atom is 0.410 e. The van der Waals surface area contributed by atoms with Crippen molar-refractivity contribution in [2.24, 2.45) is 5.92 Å². The quantitative estimate of drug-likeness (QED) is 0.748. The van der Waals surface area contributed by atoms with Crippen LogP contribution < -0.4 is 5.73 Å². The van der Waals surface area contributed by atoms with Gasteiger partial charge in [0.15, 0.2) is 0 Å². The van der Waals surface area contributed by atoms with Gasteiger partial charge < -0.3 is 15.4 Å². The van der Waals surface area contributed by atoms with Gasteiger partial charge in [-0.1, -0.05) is 11.8 Å². The summed E-state index contributed by atoms with van der Waals surface area (Å²) >= 11 is 0. The summed E-state index contributed by atoms with van der Waals surface area (Å²) in [5.74, 6) is 7.07. The minimum Gasteiger partial charge on any atom is -0.444 e. The van der Waals surface area contributed by atoms with Gasteiger partial charge in [0.05, 0.1) is 5.56 Å². The van der Waals surface area contributed by atoms with E-state index in [0.717, 1.165) is 18.4 Å². The third-order valence-electron chi connectivity index (χ3n) is 3.40. The summed E-state index contributed by atoms with van der Waals surface area (Å²) in [5, 5.41) is 0. The molecule has 2 N–H and O–H groups in total. The Hall–Kier alpha value is -2.22.